The molecule has 0 aliphatic carbocycles. The molecule has 1 saturated heterocycles. The van der Waals surface area contributed by atoms with Crippen LogP contribution in [0.1, 0.15) is 33.7 Å². The van der Waals surface area contributed by atoms with Gasteiger partial charge in [0, 0.05) is 49.3 Å². The highest BCUT2D eigenvalue weighted by atomic mass is 35.5. The quantitative estimate of drug-likeness (QED) is 0.276. The summed E-state index contributed by atoms with van der Waals surface area (Å²) >= 11 is 12.3. The van der Waals surface area contributed by atoms with Crippen molar-refractivity contribution >= 4 is 58.0 Å². The Bertz CT molecular complexity index is 1380. The number of hydrogen-bond donors (Lipinski definition) is 4. The van der Waals surface area contributed by atoms with Crippen LogP contribution in [-0.4, -0.2) is 72.6 Å². The van der Waals surface area contributed by atoms with E-state index in [1.165, 1.54) is 12.3 Å². The fourth-order valence-electron chi connectivity index (χ4n) is 4.33. The van der Waals surface area contributed by atoms with Gasteiger partial charge < -0.3 is 25.8 Å². The van der Waals surface area contributed by atoms with E-state index in [4.69, 9.17) is 23.2 Å². The Morgan fingerprint density at radius 1 is 1.05 bits per heavy atom. The molecule has 1 aromatic heterocycles. The Hall–Kier alpha value is -3.86. The van der Waals surface area contributed by atoms with Crippen molar-refractivity contribution in [2.75, 3.05) is 49.3 Å². The first-order valence-electron chi connectivity index (χ1n) is 12.8. The van der Waals surface area contributed by atoms with Crippen LogP contribution in [0.3, 0.4) is 0 Å². The molecule has 210 valence electrons. The second-order valence-electron chi connectivity index (χ2n) is 9.64. The fourth-order valence-corrected chi connectivity index (χ4v) is 4.90. The highest BCUT2D eigenvalue weighted by Gasteiger charge is 2.25. The minimum atomic E-state index is -0.539. The maximum Gasteiger partial charge on any atom is 0.274 e. The van der Waals surface area contributed by atoms with Crippen LogP contribution in [0.2, 0.25) is 10.0 Å². The van der Waals surface area contributed by atoms with E-state index in [2.05, 4.69) is 31.0 Å². The molecule has 0 saturated carbocycles. The van der Waals surface area contributed by atoms with Gasteiger partial charge in [-0.25, -0.2) is 0 Å². The van der Waals surface area contributed by atoms with Crippen molar-refractivity contribution in [3.8, 4) is 0 Å². The van der Waals surface area contributed by atoms with Gasteiger partial charge in [0.1, 0.15) is 0 Å². The van der Waals surface area contributed by atoms with E-state index >= 15 is 0 Å². The lowest BCUT2D eigenvalue weighted by atomic mass is 10.0. The molecule has 0 spiro atoms. The normalized spacial score (nSPS) is 14.0. The van der Waals surface area contributed by atoms with Crippen LogP contribution in [0.25, 0.3) is 0 Å². The Kier molecular flexibility index (Phi) is 9.81. The summed E-state index contributed by atoms with van der Waals surface area (Å²) < 4.78 is 0. The third-order valence-corrected chi connectivity index (χ3v) is 6.97. The summed E-state index contributed by atoms with van der Waals surface area (Å²) in [5, 5.41) is 15.6. The van der Waals surface area contributed by atoms with Gasteiger partial charge in [0.05, 0.1) is 21.3 Å². The molecule has 40 heavy (non-hydrogen) atoms. The van der Waals surface area contributed by atoms with Crippen LogP contribution in [0.5, 0.6) is 0 Å². The van der Waals surface area contributed by atoms with Crippen LogP contribution in [-0.2, 0) is 4.79 Å². The molecule has 1 aliphatic heterocycles. The van der Waals surface area contributed by atoms with Crippen molar-refractivity contribution < 1.29 is 14.4 Å². The van der Waals surface area contributed by atoms with Gasteiger partial charge >= 0.3 is 0 Å². The molecule has 2 aromatic carbocycles. The van der Waals surface area contributed by atoms with E-state index in [0.717, 1.165) is 37.3 Å². The summed E-state index contributed by atoms with van der Waals surface area (Å²) in [5.41, 5.74) is 2.14. The molecular weight excluding hydrogens is 553 g/mol. The van der Waals surface area contributed by atoms with Gasteiger partial charge in [-0.3, -0.25) is 19.5 Å². The van der Waals surface area contributed by atoms with Crippen molar-refractivity contribution in [1.82, 2.24) is 20.4 Å². The number of H-pyrrole nitrogens is 1. The summed E-state index contributed by atoms with van der Waals surface area (Å²) in [7, 11) is 3.88. The summed E-state index contributed by atoms with van der Waals surface area (Å²) in [6, 6.07) is 12.4. The van der Waals surface area contributed by atoms with Gasteiger partial charge in [-0.15, -0.1) is 0 Å². The molecule has 0 atom stereocenters. The number of carbonyl (C=O) groups excluding carboxylic acids is 3. The average molecular weight is 585 g/mol. The van der Waals surface area contributed by atoms with E-state index in [9.17, 15) is 14.4 Å². The number of hydrogen-bond acceptors (Lipinski definition) is 6. The molecule has 2 heterocycles. The first-order valence-corrected chi connectivity index (χ1v) is 13.5. The number of nitrogens with zero attached hydrogens (tertiary/aromatic N) is 3. The summed E-state index contributed by atoms with van der Waals surface area (Å²) in [6.45, 7) is 2.13. The zero-order chi connectivity index (χ0) is 28.6. The molecule has 1 aliphatic rings. The number of aromatic nitrogens is 2. The molecule has 0 unspecified atom stereocenters. The number of aromatic amines is 1. The number of halogens is 2. The zero-order valence-corrected chi connectivity index (χ0v) is 23.7. The van der Waals surface area contributed by atoms with Crippen molar-refractivity contribution in [3.05, 3.63) is 82.1 Å². The van der Waals surface area contributed by atoms with E-state index in [-0.39, 0.29) is 38.9 Å². The molecule has 12 heteroatoms. The third kappa shape index (κ3) is 7.62. The molecule has 3 aromatic rings. The maximum atomic E-state index is 13.0. The highest BCUT2D eigenvalue weighted by molar-refractivity contribution is 6.40. The van der Waals surface area contributed by atoms with Gasteiger partial charge in [0.2, 0.25) is 5.91 Å². The number of likely N-dealkylation sites (N-methyl/N-ethyl adjacent to an activating group) is 1. The van der Waals surface area contributed by atoms with E-state index in [1.807, 2.05) is 49.3 Å². The molecule has 4 N–H and O–H groups in total. The SMILES string of the molecule is CN(C)C/C=C/C(=O)Nc1cccc(N2CCC(NC(=O)c3n[nH]cc3NC(=O)c3c(Cl)cccc3Cl)CC2)c1. The molecule has 10 nitrogen and oxygen atoms in total. The number of nitrogens with one attached hydrogen (secondary N) is 4. The molecular formula is C28H31Cl2N7O3. The lowest BCUT2D eigenvalue weighted by Gasteiger charge is -2.34. The monoisotopic (exact) mass is 583 g/mol. The first kappa shape index (κ1) is 29.1. The van der Waals surface area contributed by atoms with Gasteiger partial charge in [-0.1, -0.05) is 41.4 Å². The Labute approximate surface area is 242 Å². The largest absolute Gasteiger partial charge is 0.371 e. The van der Waals surface area contributed by atoms with Crippen LogP contribution in [0, 0.1) is 0 Å². The predicted molar refractivity (Wildman–Crippen MR) is 158 cm³/mol. The standard InChI is InChI=1S/C28H31Cl2N7O3/c1-36(2)13-5-10-24(38)32-19-6-3-7-20(16-19)37-14-11-18(12-15-37)33-28(40)26-23(17-31-35-26)34-27(39)25-21(29)8-4-9-22(25)30/h3-10,16-18H,11-15H2,1-2H3,(H,31,35)(H,32,38)(H,33,40)(H,34,39)/b10-5+. The second-order valence-corrected chi connectivity index (χ2v) is 10.5. The lowest BCUT2D eigenvalue weighted by molar-refractivity contribution is -0.111. The number of anilines is 3. The van der Waals surface area contributed by atoms with Gasteiger partial charge in [0.15, 0.2) is 5.69 Å². The zero-order valence-electron chi connectivity index (χ0n) is 22.2. The summed E-state index contributed by atoms with van der Waals surface area (Å²) in [6.07, 6.45) is 6.22. The van der Waals surface area contributed by atoms with Crippen molar-refractivity contribution in [3.63, 3.8) is 0 Å². The van der Waals surface area contributed by atoms with Crippen molar-refractivity contribution in [2.24, 2.45) is 0 Å². The van der Waals surface area contributed by atoms with Crippen LogP contribution in [0.4, 0.5) is 17.1 Å². The van der Waals surface area contributed by atoms with Gasteiger partial charge in [-0.2, -0.15) is 5.10 Å². The number of amides is 3. The minimum absolute atomic E-state index is 0.0632. The predicted octanol–water partition coefficient (Wildman–Crippen LogP) is 4.42. The number of piperidine rings is 1. The summed E-state index contributed by atoms with van der Waals surface area (Å²) in [4.78, 5) is 42.1. The first-order chi connectivity index (χ1) is 19.2. The molecule has 0 bridgehead atoms. The topological polar surface area (TPSA) is 122 Å². The van der Waals surface area contributed by atoms with Gasteiger partial charge in [-0.05, 0) is 57.3 Å². The fraction of sp³-hybridized carbons (Fsp3) is 0.286. The minimum Gasteiger partial charge on any atom is -0.371 e. The van der Waals surface area contributed by atoms with Gasteiger partial charge in [0.25, 0.3) is 11.8 Å². The maximum absolute atomic E-state index is 13.0. The third-order valence-electron chi connectivity index (χ3n) is 6.34. The van der Waals surface area contributed by atoms with E-state index < -0.39 is 11.8 Å². The Morgan fingerprint density at radius 2 is 1.75 bits per heavy atom. The second kappa shape index (κ2) is 13.5. The van der Waals surface area contributed by atoms with Crippen molar-refractivity contribution in [1.29, 1.82) is 0 Å². The number of benzene rings is 2. The molecule has 1 fully saturated rings. The Morgan fingerprint density at radius 3 is 2.45 bits per heavy atom. The number of rotatable bonds is 9. The summed E-state index contributed by atoms with van der Waals surface area (Å²) in [5.74, 6) is -1.11. The van der Waals surface area contributed by atoms with Crippen molar-refractivity contribution in [2.45, 2.75) is 18.9 Å². The van der Waals surface area contributed by atoms with Crippen LogP contribution >= 0.6 is 23.2 Å². The Balaban J connectivity index is 1.31. The average Bonchev–Trinajstić information content (AvgIpc) is 3.37. The lowest BCUT2D eigenvalue weighted by Crippen LogP contribution is -2.45. The molecule has 0 radical (unpaired) electrons. The van der Waals surface area contributed by atoms with E-state index in [1.54, 1.807) is 18.2 Å². The smallest absolute Gasteiger partial charge is 0.274 e. The van der Waals surface area contributed by atoms with Crippen LogP contribution in [0.15, 0.2) is 60.8 Å². The van der Waals surface area contributed by atoms with E-state index in [0.29, 0.717) is 6.54 Å². The molecule has 3 amide bonds. The molecule has 4 rings (SSSR count). The van der Waals surface area contributed by atoms with Crippen LogP contribution < -0.4 is 20.9 Å². The highest BCUT2D eigenvalue weighted by Crippen LogP contribution is 2.26. The number of carbonyl (C=O) groups is 3.